The van der Waals surface area contributed by atoms with Gasteiger partial charge >= 0.3 is 6.09 Å². The number of aromatic hydroxyl groups is 1. The van der Waals surface area contributed by atoms with Gasteiger partial charge in [-0.2, -0.15) is 0 Å². The van der Waals surface area contributed by atoms with Crippen molar-refractivity contribution in [3.63, 3.8) is 0 Å². The van der Waals surface area contributed by atoms with Crippen LogP contribution >= 0.6 is 11.6 Å². The van der Waals surface area contributed by atoms with Crippen molar-refractivity contribution in [3.8, 4) is 16.9 Å². The van der Waals surface area contributed by atoms with Gasteiger partial charge in [-0.15, -0.1) is 0 Å². The summed E-state index contributed by atoms with van der Waals surface area (Å²) in [6, 6.07) is 8.02. The van der Waals surface area contributed by atoms with Gasteiger partial charge in [0.05, 0.1) is 21.8 Å². The second-order valence-corrected chi connectivity index (χ2v) is 12.2. The third-order valence-electron chi connectivity index (χ3n) is 7.15. The maximum atomic E-state index is 14.2. The first-order valence-corrected chi connectivity index (χ1v) is 14.3. The Morgan fingerprint density at radius 3 is 2.36 bits per heavy atom. The van der Waals surface area contributed by atoms with Crippen LogP contribution in [0.25, 0.3) is 22.0 Å². The molecule has 0 radical (unpaired) electrons. The molecule has 1 saturated carbocycles. The number of nitrogens with zero attached hydrogens (tertiary/aromatic N) is 1. The number of rotatable bonds is 7. The van der Waals surface area contributed by atoms with Crippen LogP contribution in [-0.2, 0) is 9.53 Å². The molecule has 4 rings (SSSR count). The largest absolute Gasteiger partial charge is 0.504 e. The summed E-state index contributed by atoms with van der Waals surface area (Å²) in [7, 11) is 0. The number of anilines is 1. The number of benzene rings is 2. The lowest BCUT2D eigenvalue weighted by molar-refractivity contribution is -0.129. The number of halogens is 2. The van der Waals surface area contributed by atoms with E-state index in [-0.39, 0.29) is 28.8 Å². The highest BCUT2D eigenvalue weighted by atomic mass is 35.5. The van der Waals surface area contributed by atoms with Gasteiger partial charge in [-0.05, 0) is 95.7 Å². The highest BCUT2D eigenvalue weighted by molar-refractivity contribution is 6.32. The van der Waals surface area contributed by atoms with Gasteiger partial charge in [0.25, 0.3) is 5.91 Å². The molecule has 9 nitrogen and oxygen atoms in total. The van der Waals surface area contributed by atoms with Gasteiger partial charge in [0.15, 0.2) is 23.5 Å². The van der Waals surface area contributed by atoms with Gasteiger partial charge in [-0.3, -0.25) is 14.6 Å². The van der Waals surface area contributed by atoms with E-state index in [1.54, 1.807) is 18.3 Å². The van der Waals surface area contributed by atoms with Crippen molar-refractivity contribution < 1.29 is 28.6 Å². The molecule has 0 saturated heterocycles. The molecule has 42 heavy (non-hydrogen) atoms. The molecule has 1 aliphatic carbocycles. The Morgan fingerprint density at radius 2 is 1.74 bits per heavy atom. The average Bonchev–Trinajstić information content (AvgIpc) is 2.91. The van der Waals surface area contributed by atoms with Gasteiger partial charge in [-0.25, -0.2) is 9.18 Å². The number of phenols is 1. The normalized spacial score (nSPS) is 17.8. The Hall–Kier alpha value is -3.92. The lowest BCUT2D eigenvalue weighted by Gasteiger charge is -2.31. The first kappa shape index (κ1) is 31.0. The third kappa shape index (κ3) is 7.47. The van der Waals surface area contributed by atoms with E-state index < -0.39 is 29.3 Å². The fourth-order valence-electron chi connectivity index (χ4n) is 4.98. The molecule has 1 aromatic heterocycles. The van der Waals surface area contributed by atoms with E-state index in [9.17, 15) is 23.9 Å². The predicted molar refractivity (Wildman–Crippen MR) is 160 cm³/mol. The number of alkyl carbamates (subject to hydrolysis) is 1. The van der Waals surface area contributed by atoms with E-state index in [4.69, 9.17) is 16.3 Å². The van der Waals surface area contributed by atoms with Gasteiger partial charge < -0.3 is 25.8 Å². The monoisotopic (exact) mass is 598 g/mol. The zero-order chi connectivity index (χ0) is 30.8. The molecule has 1 fully saturated rings. The summed E-state index contributed by atoms with van der Waals surface area (Å²) >= 11 is 6.01. The molecule has 1 unspecified atom stereocenters. The number of ketones is 1. The smallest absolute Gasteiger partial charge is 0.408 e. The molecule has 4 N–H and O–H groups in total. The van der Waals surface area contributed by atoms with Crippen molar-refractivity contribution in [2.45, 2.75) is 84.0 Å². The van der Waals surface area contributed by atoms with Crippen molar-refractivity contribution in [1.29, 1.82) is 0 Å². The molecule has 2 amide bonds. The van der Waals surface area contributed by atoms with E-state index in [2.05, 4.69) is 20.9 Å². The zero-order valence-corrected chi connectivity index (χ0v) is 25.1. The topological polar surface area (TPSA) is 130 Å². The van der Waals surface area contributed by atoms with E-state index in [0.29, 0.717) is 46.1 Å². The maximum absolute atomic E-state index is 14.2. The fraction of sp³-hybridized carbons (Fsp3) is 0.419. The molecule has 0 bridgehead atoms. The first-order valence-electron chi connectivity index (χ1n) is 13.9. The number of fused-ring (bicyclic) bond motifs is 1. The number of aromatic nitrogens is 1. The molecule has 0 spiro atoms. The standard InChI is InChI=1S/C31H36ClFN4O5/c1-16(38)23-15-34-26-11-6-18(19-13-24(32)28(39)25(33)14-19)12-22(26)27(23)35-20-7-9-21(10-8-20)36-29(40)17(2)42-30(41)37-31(3,4)5/h6,11-15,17,20-21,39H,7-10H2,1-5H3,(H,34,35)(H,36,40)(H,37,41). The number of carbonyl (C=O) groups is 3. The summed E-state index contributed by atoms with van der Waals surface area (Å²) in [5.74, 6) is -1.94. The van der Waals surface area contributed by atoms with Crippen LogP contribution in [0.3, 0.4) is 0 Å². The molecule has 11 heteroatoms. The van der Waals surface area contributed by atoms with E-state index in [1.807, 2.05) is 26.8 Å². The molecule has 1 atom stereocenters. The summed E-state index contributed by atoms with van der Waals surface area (Å²) in [5, 5.41) is 19.5. The number of amides is 2. The second kappa shape index (κ2) is 12.5. The number of hydrogen-bond acceptors (Lipinski definition) is 7. The molecule has 1 aliphatic rings. The number of hydrogen-bond donors (Lipinski definition) is 4. The van der Waals surface area contributed by atoms with Crippen LogP contribution in [-0.4, -0.2) is 51.6 Å². The number of nitrogens with one attached hydrogen (secondary N) is 3. The van der Waals surface area contributed by atoms with Crippen LogP contribution < -0.4 is 16.0 Å². The first-order chi connectivity index (χ1) is 19.7. The minimum atomic E-state index is -0.935. The lowest BCUT2D eigenvalue weighted by atomic mass is 9.90. The summed E-state index contributed by atoms with van der Waals surface area (Å²) in [4.78, 5) is 41.7. The van der Waals surface area contributed by atoms with Gasteiger partial charge in [0, 0.05) is 29.2 Å². The quantitative estimate of drug-likeness (QED) is 0.233. The molecular weight excluding hydrogens is 563 g/mol. The van der Waals surface area contributed by atoms with E-state index >= 15 is 0 Å². The molecule has 1 heterocycles. The van der Waals surface area contributed by atoms with Crippen molar-refractivity contribution >= 4 is 46.0 Å². The number of carbonyl (C=O) groups excluding carboxylic acids is 3. The van der Waals surface area contributed by atoms with Crippen molar-refractivity contribution in [3.05, 3.63) is 52.9 Å². The minimum Gasteiger partial charge on any atom is -0.504 e. The number of pyridine rings is 1. The van der Waals surface area contributed by atoms with Crippen LogP contribution in [0.15, 0.2) is 36.5 Å². The SMILES string of the molecule is CC(=O)c1cnc2ccc(-c3cc(F)c(O)c(Cl)c3)cc2c1NC1CCC(NC(=O)C(C)OC(=O)NC(C)(C)C)CC1. The average molecular weight is 599 g/mol. The molecule has 2 aromatic carbocycles. The minimum absolute atomic E-state index is 0.0253. The summed E-state index contributed by atoms with van der Waals surface area (Å²) in [6.07, 6.45) is 2.81. The van der Waals surface area contributed by atoms with Gasteiger partial charge in [-0.1, -0.05) is 17.7 Å². The summed E-state index contributed by atoms with van der Waals surface area (Å²) in [5.41, 5.74) is 2.37. The van der Waals surface area contributed by atoms with Crippen LogP contribution in [0.4, 0.5) is 14.9 Å². The molecule has 0 aliphatic heterocycles. The van der Waals surface area contributed by atoms with E-state index in [1.165, 1.54) is 26.0 Å². The number of ether oxygens (including phenoxy) is 1. The Balaban J connectivity index is 1.47. The van der Waals surface area contributed by atoms with Crippen LogP contribution in [0.5, 0.6) is 5.75 Å². The van der Waals surface area contributed by atoms with Crippen LogP contribution in [0.2, 0.25) is 5.02 Å². The highest BCUT2D eigenvalue weighted by Gasteiger charge is 2.27. The third-order valence-corrected chi connectivity index (χ3v) is 7.44. The molecular formula is C31H36ClFN4O5. The zero-order valence-electron chi connectivity index (χ0n) is 24.3. The lowest BCUT2D eigenvalue weighted by Crippen LogP contribution is -2.47. The summed E-state index contributed by atoms with van der Waals surface area (Å²) < 4.78 is 19.4. The Labute approximate surface area is 249 Å². The van der Waals surface area contributed by atoms with Crippen molar-refractivity contribution in [2.24, 2.45) is 0 Å². The number of Topliss-reactive ketones (excluding diaryl/α,β-unsaturated/α-hetero) is 1. The van der Waals surface area contributed by atoms with Crippen LogP contribution in [0, 0.1) is 5.82 Å². The Kier molecular flexibility index (Phi) is 9.25. The highest BCUT2D eigenvalue weighted by Crippen LogP contribution is 2.36. The fourth-order valence-corrected chi connectivity index (χ4v) is 5.19. The molecule has 224 valence electrons. The van der Waals surface area contributed by atoms with Gasteiger partial charge in [0.1, 0.15) is 0 Å². The number of phenolic OH excluding ortho intramolecular Hbond substituents is 1. The molecule has 3 aromatic rings. The van der Waals surface area contributed by atoms with Gasteiger partial charge in [0.2, 0.25) is 0 Å². The van der Waals surface area contributed by atoms with Crippen molar-refractivity contribution in [1.82, 2.24) is 15.6 Å². The summed E-state index contributed by atoms with van der Waals surface area (Å²) in [6.45, 7) is 8.49. The van der Waals surface area contributed by atoms with Crippen LogP contribution in [0.1, 0.15) is 70.7 Å². The maximum Gasteiger partial charge on any atom is 0.408 e. The Morgan fingerprint density at radius 1 is 1.07 bits per heavy atom. The van der Waals surface area contributed by atoms with Crippen molar-refractivity contribution in [2.75, 3.05) is 5.32 Å². The Bertz CT molecular complexity index is 1490. The second-order valence-electron chi connectivity index (χ2n) is 11.7. The van der Waals surface area contributed by atoms with E-state index in [0.717, 1.165) is 12.8 Å². The predicted octanol–water partition coefficient (Wildman–Crippen LogP) is 6.36.